The number of hydrogen-bond donors (Lipinski definition) is 1. The molecule has 0 aromatic heterocycles. The second-order valence-electron chi connectivity index (χ2n) is 4.51. The van der Waals surface area contributed by atoms with Crippen molar-refractivity contribution in [2.24, 2.45) is 0 Å². The molecule has 0 radical (unpaired) electrons. The number of thioether (sulfide) groups is 1. The van der Waals surface area contributed by atoms with Crippen LogP contribution < -0.4 is 4.74 Å². The lowest BCUT2D eigenvalue weighted by Gasteiger charge is -2.19. The van der Waals surface area contributed by atoms with E-state index in [2.05, 4.69) is 0 Å². The van der Waals surface area contributed by atoms with Crippen molar-refractivity contribution >= 4 is 17.7 Å². The highest BCUT2D eigenvalue weighted by Gasteiger charge is 2.28. The zero-order valence-electron chi connectivity index (χ0n) is 10.8. The Labute approximate surface area is 106 Å². The quantitative estimate of drug-likeness (QED) is 0.838. The Morgan fingerprint density at radius 2 is 1.76 bits per heavy atom. The predicted octanol–water partition coefficient (Wildman–Crippen LogP) is 3.27. The number of carboxylic acids is 1. The van der Waals surface area contributed by atoms with Gasteiger partial charge in [-0.15, -0.1) is 11.8 Å². The number of ether oxygens (including phenoxy) is 1. The van der Waals surface area contributed by atoms with E-state index in [0.717, 1.165) is 21.8 Å². The molecule has 0 heterocycles. The summed E-state index contributed by atoms with van der Waals surface area (Å²) in [6.45, 7) is 7.33. The summed E-state index contributed by atoms with van der Waals surface area (Å²) in [6.07, 6.45) is 0. The molecule has 1 rings (SSSR count). The van der Waals surface area contributed by atoms with Gasteiger partial charge in [0.1, 0.15) is 10.5 Å². The van der Waals surface area contributed by atoms with Crippen LogP contribution in [0.25, 0.3) is 0 Å². The summed E-state index contributed by atoms with van der Waals surface area (Å²) in [4.78, 5) is 12.0. The van der Waals surface area contributed by atoms with E-state index in [4.69, 9.17) is 9.84 Å². The molecule has 1 aromatic carbocycles. The van der Waals surface area contributed by atoms with Crippen LogP contribution in [0.3, 0.4) is 0 Å². The Balaban J connectivity index is 3.06. The van der Waals surface area contributed by atoms with Crippen LogP contribution in [0.1, 0.15) is 25.0 Å². The predicted molar refractivity (Wildman–Crippen MR) is 70.0 cm³/mol. The molecule has 0 saturated carbocycles. The fourth-order valence-electron chi connectivity index (χ4n) is 1.63. The van der Waals surface area contributed by atoms with E-state index in [1.54, 1.807) is 21.0 Å². The van der Waals surface area contributed by atoms with Crippen molar-refractivity contribution < 1.29 is 14.6 Å². The van der Waals surface area contributed by atoms with Gasteiger partial charge >= 0.3 is 5.97 Å². The molecule has 1 N–H and O–H groups in total. The lowest BCUT2D eigenvalue weighted by atomic mass is 10.1. The molecule has 0 atom stereocenters. The van der Waals surface area contributed by atoms with Gasteiger partial charge in [0, 0.05) is 4.90 Å². The topological polar surface area (TPSA) is 46.5 Å². The van der Waals surface area contributed by atoms with E-state index in [1.807, 2.05) is 26.0 Å². The van der Waals surface area contributed by atoms with Crippen LogP contribution in [-0.4, -0.2) is 22.9 Å². The van der Waals surface area contributed by atoms with E-state index in [0.29, 0.717) is 0 Å². The van der Waals surface area contributed by atoms with Gasteiger partial charge in [-0.05, 0) is 51.0 Å². The highest BCUT2D eigenvalue weighted by atomic mass is 32.2. The minimum Gasteiger partial charge on any atom is -0.496 e. The first kappa shape index (κ1) is 13.9. The molecule has 0 unspecified atom stereocenters. The molecular formula is C13H18O3S. The van der Waals surface area contributed by atoms with E-state index >= 15 is 0 Å². The summed E-state index contributed by atoms with van der Waals surface area (Å²) in [5.74, 6) is 0.0519. The summed E-state index contributed by atoms with van der Waals surface area (Å²) in [5.41, 5.74) is 2.05. The summed E-state index contributed by atoms with van der Waals surface area (Å²) in [7, 11) is 1.64. The van der Waals surface area contributed by atoms with Crippen LogP contribution in [-0.2, 0) is 4.79 Å². The lowest BCUT2D eigenvalue weighted by Crippen LogP contribution is -2.26. The molecule has 0 spiro atoms. The molecule has 0 fully saturated rings. The third-order valence-corrected chi connectivity index (χ3v) is 3.68. The maximum absolute atomic E-state index is 11.1. The second-order valence-corrected chi connectivity index (χ2v) is 6.20. The number of methoxy groups -OCH3 is 1. The number of rotatable bonds is 4. The van der Waals surface area contributed by atoms with Gasteiger partial charge in [0.25, 0.3) is 0 Å². The number of carboxylic acid groups (broad SMARTS) is 1. The monoisotopic (exact) mass is 254 g/mol. The van der Waals surface area contributed by atoms with E-state index < -0.39 is 10.7 Å². The maximum Gasteiger partial charge on any atom is 0.319 e. The fourth-order valence-corrected chi connectivity index (χ4v) is 2.78. The Hall–Kier alpha value is -1.16. The summed E-state index contributed by atoms with van der Waals surface area (Å²) < 4.78 is 4.46. The average molecular weight is 254 g/mol. The SMILES string of the molecule is COc1c(C)cc(SC(C)(C)C(=O)O)cc1C. The largest absolute Gasteiger partial charge is 0.496 e. The van der Waals surface area contributed by atoms with E-state index in [9.17, 15) is 4.79 Å². The molecule has 17 heavy (non-hydrogen) atoms. The van der Waals surface area contributed by atoms with Gasteiger partial charge in [-0.3, -0.25) is 4.79 Å². The zero-order chi connectivity index (χ0) is 13.2. The third kappa shape index (κ3) is 3.16. The van der Waals surface area contributed by atoms with Gasteiger partial charge in [0.15, 0.2) is 0 Å². The van der Waals surface area contributed by atoms with Gasteiger partial charge in [-0.1, -0.05) is 0 Å². The van der Waals surface area contributed by atoms with Crippen molar-refractivity contribution in [1.82, 2.24) is 0 Å². The normalized spacial score (nSPS) is 11.4. The van der Waals surface area contributed by atoms with Gasteiger partial charge in [0.05, 0.1) is 7.11 Å². The summed E-state index contributed by atoms with van der Waals surface area (Å²) >= 11 is 1.35. The van der Waals surface area contributed by atoms with Crippen LogP contribution in [0.15, 0.2) is 17.0 Å². The molecule has 0 amide bonds. The molecule has 0 aliphatic rings. The lowest BCUT2D eigenvalue weighted by molar-refractivity contribution is -0.138. The smallest absolute Gasteiger partial charge is 0.319 e. The molecule has 0 aliphatic carbocycles. The summed E-state index contributed by atoms with van der Waals surface area (Å²) in [6, 6.07) is 3.92. The molecule has 0 aliphatic heterocycles. The van der Waals surface area contributed by atoms with Crippen molar-refractivity contribution in [3.05, 3.63) is 23.3 Å². The van der Waals surface area contributed by atoms with Crippen LogP contribution >= 0.6 is 11.8 Å². The highest BCUT2D eigenvalue weighted by molar-refractivity contribution is 8.01. The van der Waals surface area contributed by atoms with Crippen LogP contribution in [0.4, 0.5) is 0 Å². The number of carbonyl (C=O) groups is 1. The number of benzene rings is 1. The first-order valence-corrected chi connectivity index (χ1v) is 6.17. The minimum atomic E-state index is -0.826. The van der Waals surface area contributed by atoms with Crippen LogP contribution in [0, 0.1) is 13.8 Å². The van der Waals surface area contributed by atoms with Crippen molar-refractivity contribution in [3.8, 4) is 5.75 Å². The van der Waals surface area contributed by atoms with Gasteiger partial charge < -0.3 is 9.84 Å². The molecular weight excluding hydrogens is 236 g/mol. The van der Waals surface area contributed by atoms with Crippen LogP contribution in [0.2, 0.25) is 0 Å². The fraction of sp³-hybridized carbons (Fsp3) is 0.462. The van der Waals surface area contributed by atoms with E-state index in [-0.39, 0.29) is 0 Å². The maximum atomic E-state index is 11.1. The molecule has 0 saturated heterocycles. The minimum absolute atomic E-state index is 0.811. The van der Waals surface area contributed by atoms with Gasteiger partial charge in [-0.2, -0.15) is 0 Å². The first-order valence-electron chi connectivity index (χ1n) is 5.35. The average Bonchev–Trinajstić information content (AvgIpc) is 2.15. The standard InChI is InChI=1S/C13H18O3S/c1-8-6-10(7-9(2)11(8)16-5)17-13(3,4)12(14)15/h6-7H,1-5H3,(H,14,15). The zero-order valence-corrected chi connectivity index (χ0v) is 11.6. The number of aliphatic carboxylic acids is 1. The Morgan fingerprint density at radius 3 is 2.12 bits per heavy atom. The number of hydrogen-bond acceptors (Lipinski definition) is 3. The van der Waals surface area contributed by atoms with Gasteiger partial charge in [-0.25, -0.2) is 0 Å². The Bertz CT molecular complexity index is 415. The molecule has 0 bridgehead atoms. The van der Waals surface area contributed by atoms with Crippen molar-refractivity contribution in [3.63, 3.8) is 0 Å². The summed E-state index contributed by atoms with van der Waals surface area (Å²) in [5, 5.41) is 9.10. The molecule has 1 aromatic rings. The highest BCUT2D eigenvalue weighted by Crippen LogP contribution is 2.36. The Morgan fingerprint density at radius 1 is 1.29 bits per heavy atom. The van der Waals surface area contributed by atoms with E-state index in [1.165, 1.54) is 11.8 Å². The van der Waals surface area contributed by atoms with Crippen LogP contribution in [0.5, 0.6) is 5.75 Å². The Kier molecular flexibility index (Phi) is 4.09. The second kappa shape index (κ2) is 5.00. The third-order valence-electron chi connectivity index (χ3n) is 2.53. The van der Waals surface area contributed by atoms with Crippen molar-refractivity contribution in [2.75, 3.05) is 7.11 Å². The molecule has 4 heteroatoms. The molecule has 3 nitrogen and oxygen atoms in total. The van der Waals surface area contributed by atoms with Crippen molar-refractivity contribution in [1.29, 1.82) is 0 Å². The molecule has 94 valence electrons. The van der Waals surface area contributed by atoms with Crippen molar-refractivity contribution in [2.45, 2.75) is 37.3 Å². The number of aryl methyl sites for hydroxylation is 2. The first-order chi connectivity index (χ1) is 7.77. The van der Waals surface area contributed by atoms with Gasteiger partial charge in [0.2, 0.25) is 0 Å².